The quantitative estimate of drug-likeness (QED) is 0.888. The molecule has 1 aromatic rings. The molecule has 0 aliphatic carbocycles. The van der Waals surface area contributed by atoms with E-state index in [1.807, 2.05) is 0 Å². The predicted molar refractivity (Wildman–Crippen MR) is 85.7 cm³/mol. The van der Waals surface area contributed by atoms with Crippen LogP contribution in [0.5, 0.6) is 0 Å². The molecule has 2 fully saturated rings. The molecule has 3 unspecified atom stereocenters. The fraction of sp³-hybridized carbons (Fsp3) is 0.733. The first-order chi connectivity index (χ1) is 9.20. The standard InChI is InChI=1S/C15H23BrN2S/c1-3-17-15(13-8-19-9-14(13)16)10-6-11-4-5-12(7-10)18(11)2/h8-12,15,17H,3-7H2,1-2H3. The van der Waals surface area contributed by atoms with Crippen molar-refractivity contribution in [2.45, 2.75) is 50.7 Å². The van der Waals surface area contributed by atoms with Gasteiger partial charge in [-0.05, 0) is 72.1 Å². The molecule has 4 heteroatoms. The highest BCUT2D eigenvalue weighted by molar-refractivity contribution is 9.10. The van der Waals surface area contributed by atoms with Crippen molar-refractivity contribution in [3.05, 3.63) is 20.8 Å². The summed E-state index contributed by atoms with van der Waals surface area (Å²) in [7, 11) is 2.32. The summed E-state index contributed by atoms with van der Waals surface area (Å²) in [6.45, 7) is 3.27. The Morgan fingerprint density at radius 3 is 2.58 bits per heavy atom. The van der Waals surface area contributed by atoms with Crippen LogP contribution in [-0.2, 0) is 0 Å². The Bertz CT molecular complexity index is 420. The number of halogens is 1. The molecule has 3 rings (SSSR count). The third kappa shape index (κ3) is 2.65. The van der Waals surface area contributed by atoms with Crippen molar-refractivity contribution in [1.82, 2.24) is 10.2 Å². The van der Waals surface area contributed by atoms with Gasteiger partial charge in [0.1, 0.15) is 0 Å². The van der Waals surface area contributed by atoms with Gasteiger partial charge in [0.15, 0.2) is 0 Å². The van der Waals surface area contributed by atoms with E-state index in [0.717, 1.165) is 24.5 Å². The summed E-state index contributed by atoms with van der Waals surface area (Å²) in [5.74, 6) is 0.791. The van der Waals surface area contributed by atoms with Gasteiger partial charge in [0.2, 0.25) is 0 Å². The van der Waals surface area contributed by atoms with Crippen molar-refractivity contribution in [1.29, 1.82) is 0 Å². The Morgan fingerprint density at radius 1 is 1.37 bits per heavy atom. The molecule has 0 radical (unpaired) electrons. The molecule has 3 heterocycles. The third-order valence-corrected chi connectivity index (χ3v) is 6.76. The first kappa shape index (κ1) is 14.1. The van der Waals surface area contributed by atoms with Crippen molar-refractivity contribution in [3.63, 3.8) is 0 Å². The van der Waals surface area contributed by atoms with E-state index in [0.29, 0.717) is 6.04 Å². The van der Waals surface area contributed by atoms with Gasteiger partial charge in [-0.25, -0.2) is 0 Å². The second-order valence-electron chi connectivity index (χ2n) is 5.99. The molecule has 106 valence electrons. The van der Waals surface area contributed by atoms with Gasteiger partial charge < -0.3 is 10.2 Å². The summed E-state index contributed by atoms with van der Waals surface area (Å²) < 4.78 is 1.29. The SMILES string of the molecule is CCNC(c1cscc1Br)C1CC2CCC(C1)N2C. The number of piperidine rings is 1. The lowest BCUT2D eigenvalue weighted by Gasteiger charge is -2.40. The molecule has 2 aliphatic rings. The van der Waals surface area contributed by atoms with Crippen LogP contribution in [0.2, 0.25) is 0 Å². The molecule has 2 saturated heterocycles. The summed E-state index contributed by atoms with van der Waals surface area (Å²) in [6, 6.07) is 2.17. The number of fused-ring (bicyclic) bond motifs is 2. The maximum absolute atomic E-state index is 3.74. The molecular weight excluding hydrogens is 320 g/mol. The van der Waals surface area contributed by atoms with Gasteiger partial charge in [0.05, 0.1) is 0 Å². The molecule has 1 N–H and O–H groups in total. The van der Waals surface area contributed by atoms with Gasteiger partial charge in [-0.3, -0.25) is 0 Å². The molecule has 0 amide bonds. The van der Waals surface area contributed by atoms with Gasteiger partial charge >= 0.3 is 0 Å². The zero-order valence-corrected chi connectivity index (χ0v) is 14.1. The second-order valence-corrected chi connectivity index (χ2v) is 7.59. The minimum atomic E-state index is 0.530. The third-order valence-electron chi connectivity index (χ3n) is 5.01. The van der Waals surface area contributed by atoms with Crippen molar-refractivity contribution < 1.29 is 0 Å². The lowest BCUT2D eigenvalue weighted by molar-refractivity contribution is 0.113. The molecule has 2 bridgehead atoms. The molecule has 3 atom stereocenters. The molecule has 0 saturated carbocycles. The van der Waals surface area contributed by atoms with Crippen LogP contribution in [0.3, 0.4) is 0 Å². The zero-order valence-electron chi connectivity index (χ0n) is 11.7. The van der Waals surface area contributed by atoms with Crippen molar-refractivity contribution >= 4 is 27.3 Å². The summed E-state index contributed by atoms with van der Waals surface area (Å²) >= 11 is 5.53. The largest absolute Gasteiger partial charge is 0.310 e. The van der Waals surface area contributed by atoms with Crippen LogP contribution in [0.25, 0.3) is 0 Å². The number of nitrogens with zero attached hydrogens (tertiary/aromatic N) is 1. The Labute approximate surface area is 128 Å². The summed E-state index contributed by atoms with van der Waals surface area (Å²) in [6.07, 6.45) is 5.52. The number of nitrogens with one attached hydrogen (secondary N) is 1. The minimum absolute atomic E-state index is 0.530. The molecule has 19 heavy (non-hydrogen) atoms. The predicted octanol–water partition coefficient (Wildman–Crippen LogP) is 4.03. The Hall–Kier alpha value is 0.1000. The Kier molecular flexibility index (Phi) is 4.32. The van der Waals surface area contributed by atoms with E-state index in [1.165, 1.54) is 35.7 Å². The van der Waals surface area contributed by atoms with E-state index in [9.17, 15) is 0 Å². The normalized spacial score (nSPS) is 32.7. The van der Waals surface area contributed by atoms with Gasteiger partial charge in [-0.2, -0.15) is 11.3 Å². The fourth-order valence-electron chi connectivity index (χ4n) is 3.99. The zero-order chi connectivity index (χ0) is 13.4. The van der Waals surface area contributed by atoms with E-state index >= 15 is 0 Å². The van der Waals surface area contributed by atoms with E-state index in [2.05, 4.69) is 50.9 Å². The topological polar surface area (TPSA) is 15.3 Å². The average molecular weight is 343 g/mol. The van der Waals surface area contributed by atoms with Crippen molar-refractivity contribution in [2.24, 2.45) is 5.92 Å². The minimum Gasteiger partial charge on any atom is -0.310 e. The van der Waals surface area contributed by atoms with Crippen LogP contribution in [-0.4, -0.2) is 30.6 Å². The highest BCUT2D eigenvalue weighted by Gasteiger charge is 2.41. The number of rotatable bonds is 4. The molecule has 2 nitrogen and oxygen atoms in total. The van der Waals surface area contributed by atoms with E-state index < -0.39 is 0 Å². The van der Waals surface area contributed by atoms with Crippen LogP contribution in [0.15, 0.2) is 15.2 Å². The highest BCUT2D eigenvalue weighted by Crippen LogP contribution is 2.44. The lowest BCUT2D eigenvalue weighted by Crippen LogP contribution is -2.43. The van der Waals surface area contributed by atoms with Crippen molar-refractivity contribution in [2.75, 3.05) is 13.6 Å². The number of thiophene rings is 1. The summed E-state index contributed by atoms with van der Waals surface area (Å²) in [5, 5.41) is 8.27. The van der Waals surface area contributed by atoms with Crippen LogP contribution in [0.4, 0.5) is 0 Å². The summed E-state index contributed by atoms with van der Waals surface area (Å²) in [4.78, 5) is 2.63. The summed E-state index contributed by atoms with van der Waals surface area (Å²) in [5.41, 5.74) is 1.47. The van der Waals surface area contributed by atoms with Gasteiger partial charge in [-0.1, -0.05) is 6.92 Å². The van der Waals surface area contributed by atoms with Gasteiger partial charge in [0.25, 0.3) is 0 Å². The first-order valence-corrected chi connectivity index (χ1v) is 9.11. The molecular formula is C15H23BrN2S. The highest BCUT2D eigenvalue weighted by atomic mass is 79.9. The monoisotopic (exact) mass is 342 g/mol. The fourth-order valence-corrected chi connectivity index (χ4v) is 5.57. The first-order valence-electron chi connectivity index (χ1n) is 7.37. The Balaban J connectivity index is 1.80. The lowest BCUT2D eigenvalue weighted by atomic mass is 9.83. The smallest absolute Gasteiger partial charge is 0.0369 e. The Morgan fingerprint density at radius 2 is 2.05 bits per heavy atom. The van der Waals surface area contributed by atoms with Crippen LogP contribution < -0.4 is 5.32 Å². The van der Waals surface area contributed by atoms with Gasteiger partial charge in [0, 0.05) is 28.0 Å². The van der Waals surface area contributed by atoms with Crippen LogP contribution in [0.1, 0.15) is 44.2 Å². The average Bonchev–Trinajstić information content (AvgIpc) is 2.87. The second kappa shape index (κ2) is 5.84. The number of hydrogen-bond donors (Lipinski definition) is 1. The van der Waals surface area contributed by atoms with Crippen molar-refractivity contribution in [3.8, 4) is 0 Å². The van der Waals surface area contributed by atoms with Crippen LogP contribution in [0, 0.1) is 5.92 Å². The maximum Gasteiger partial charge on any atom is 0.0369 e. The van der Waals surface area contributed by atoms with Crippen LogP contribution >= 0.6 is 27.3 Å². The molecule has 0 spiro atoms. The maximum atomic E-state index is 3.74. The van der Waals surface area contributed by atoms with E-state index in [-0.39, 0.29) is 0 Å². The van der Waals surface area contributed by atoms with Gasteiger partial charge in [-0.15, -0.1) is 0 Å². The van der Waals surface area contributed by atoms with E-state index in [1.54, 1.807) is 11.3 Å². The molecule has 1 aromatic heterocycles. The molecule has 0 aromatic carbocycles. The number of hydrogen-bond acceptors (Lipinski definition) is 3. The molecule has 2 aliphatic heterocycles. The van der Waals surface area contributed by atoms with E-state index in [4.69, 9.17) is 0 Å².